The maximum Gasteiger partial charge on any atom is 0.247 e. The molecule has 0 saturated heterocycles. The number of hydrazone groups is 1. The van der Waals surface area contributed by atoms with E-state index in [-0.39, 0.29) is 6.04 Å². The predicted octanol–water partition coefficient (Wildman–Crippen LogP) is 8.02. The average molecular weight is 501 g/mol. The fourth-order valence-corrected chi connectivity index (χ4v) is 5.33. The van der Waals surface area contributed by atoms with E-state index in [2.05, 4.69) is 29.6 Å². The second kappa shape index (κ2) is 8.84. The normalized spacial score (nSPS) is 15.6. The smallest absolute Gasteiger partial charge is 0.223 e. The summed E-state index contributed by atoms with van der Waals surface area (Å²) in [7, 11) is 0. The fourth-order valence-electron chi connectivity index (χ4n) is 4.22. The van der Waals surface area contributed by atoms with Crippen LogP contribution in [0.4, 0.5) is 5.95 Å². The Bertz CT molecular complexity index is 1500. The highest BCUT2D eigenvalue weighted by atomic mass is 35.5. The Labute approximate surface area is 211 Å². The van der Waals surface area contributed by atoms with Crippen molar-refractivity contribution in [2.75, 3.05) is 5.01 Å². The molecule has 0 amide bonds. The van der Waals surface area contributed by atoms with Crippen molar-refractivity contribution in [2.45, 2.75) is 12.5 Å². The summed E-state index contributed by atoms with van der Waals surface area (Å²) < 4.78 is 0. The maximum atomic E-state index is 6.34. The quantitative estimate of drug-likeness (QED) is 0.250. The number of anilines is 1. The summed E-state index contributed by atoms with van der Waals surface area (Å²) >= 11 is 14.2. The van der Waals surface area contributed by atoms with Crippen molar-refractivity contribution in [1.82, 2.24) is 9.97 Å². The first-order valence-corrected chi connectivity index (χ1v) is 12.5. The Morgan fingerprint density at radius 3 is 2.35 bits per heavy atom. The molecule has 166 valence electrons. The van der Waals surface area contributed by atoms with Gasteiger partial charge in [0.15, 0.2) is 0 Å². The van der Waals surface area contributed by atoms with Crippen LogP contribution in [0.25, 0.3) is 22.2 Å². The third-order valence-electron chi connectivity index (χ3n) is 5.86. The van der Waals surface area contributed by atoms with E-state index in [1.165, 1.54) is 4.88 Å². The molecule has 6 rings (SSSR count). The minimum atomic E-state index is 0.0130. The number of hydrogen-bond donors (Lipinski definition) is 0. The number of hydrogen-bond acceptors (Lipinski definition) is 5. The molecule has 0 bridgehead atoms. The van der Waals surface area contributed by atoms with Gasteiger partial charge in [0, 0.05) is 32.3 Å². The zero-order valence-electron chi connectivity index (χ0n) is 17.9. The lowest BCUT2D eigenvalue weighted by Crippen LogP contribution is -2.20. The molecule has 1 unspecified atom stereocenters. The van der Waals surface area contributed by atoms with Gasteiger partial charge in [0.1, 0.15) is 0 Å². The first kappa shape index (κ1) is 21.3. The number of thiophene rings is 1. The van der Waals surface area contributed by atoms with Gasteiger partial charge in [-0.25, -0.2) is 15.0 Å². The van der Waals surface area contributed by atoms with Gasteiger partial charge in [0.25, 0.3) is 0 Å². The summed E-state index contributed by atoms with van der Waals surface area (Å²) in [6.07, 6.45) is 0.755. The van der Waals surface area contributed by atoms with Gasteiger partial charge in [-0.1, -0.05) is 71.7 Å². The van der Waals surface area contributed by atoms with Crippen LogP contribution in [0.1, 0.15) is 22.9 Å². The second-order valence-electron chi connectivity index (χ2n) is 8.03. The molecule has 0 N–H and O–H groups in total. The minimum Gasteiger partial charge on any atom is -0.223 e. The highest BCUT2D eigenvalue weighted by Gasteiger charge is 2.33. The van der Waals surface area contributed by atoms with Crippen LogP contribution in [0.2, 0.25) is 10.0 Å². The van der Waals surface area contributed by atoms with Crippen molar-refractivity contribution in [3.8, 4) is 11.3 Å². The zero-order chi connectivity index (χ0) is 23.1. The molecule has 1 atom stereocenters. The van der Waals surface area contributed by atoms with Crippen LogP contribution in [0, 0.1) is 0 Å². The van der Waals surface area contributed by atoms with E-state index in [0.29, 0.717) is 16.0 Å². The molecule has 0 saturated carbocycles. The van der Waals surface area contributed by atoms with Crippen molar-refractivity contribution in [3.05, 3.63) is 111 Å². The lowest BCUT2D eigenvalue weighted by molar-refractivity contribution is 0.700. The van der Waals surface area contributed by atoms with Crippen LogP contribution in [0.15, 0.2) is 95.4 Å². The van der Waals surface area contributed by atoms with Gasteiger partial charge in [-0.05, 0) is 47.3 Å². The second-order valence-corrected chi connectivity index (χ2v) is 9.89. The molecule has 3 heterocycles. The number of rotatable bonds is 4. The molecule has 34 heavy (non-hydrogen) atoms. The Morgan fingerprint density at radius 2 is 1.59 bits per heavy atom. The van der Waals surface area contributed by atoms with Gasteiger partial charge in [0.2, 0.25) is 5.95 Å². The van der Waals surface area contributed by atoms with Crippen LogP contribution in [0.5, 0.6) is 0 Å². The lowest BCUT2D eigenvalue weighted by atomic mass is 10.0. The lowest BCUT2D eigenvalue weighted by Gasteiger charge is -2.21. The summed E-state index contributed by atoms with van der Waals surface area (Å²) in [6, 6.07) is 27.9. The highest BCUT2D eigenvalue weighted by molar-refractivity contribution is 7.10. The Morgan fingerprint density at radius 1 is 0.794 bits per heavy atom. The number of aromatic nitrogens is 2. The summed E-state index contributed by atoms with van der Waals surface area (Å²) in [5.41, 5.74) is 4.70. The van der Waals surface area contributed by atoms with E-state index in [9.17, 15) is 0 Å². The van der Waals surface area contributed by atoms with E-state index < -0.39 is 0 Å². The standard InChI is InChI=1S/C27H18Cl2N4S/c28-19-10-8-17(9-11-19)23-16-24(25-7-4-14-34-25)33(32-23)27-30-22-13-12-20(29)15-21(22)26(31-27)18-5-2-1-3-6-18/h1-15,24H,16H2. The molecule has 0 aliphatic carbocycles. The Kier molecular flexibility index (Phi) is 5.53. The molecular formula is C27H18Cl2N4S. The monoisotopic (exact) mass is 500 g/mol. The van der Waals surface area contributed by atoms with Crippen molar-refractivity contribution >= 4 is 57.1 Å². The molecule has 3 aromatic carbocycles. The Balaban J connectivity index is 1.53. The first-order valence-electron chi connectivity index (χ1n) is 10.8. The molecule has 1 aliphatic heterocycles. The number of benzene rings is 3. The summed E-state index contributed by atoms with van der Waals surface area (Å²) in [5, 5.41) is 11.3. The number of halogens is 2. The van der Waals surface area contributed by atoms with Gasteiger partial charge < -0.3 is 0 Å². The molecule has 0 radical (unpaired) electrons. The van der Waals surface area contributed by atoms with Crippen LogP contribution < -0.4 is 5.01 Å². The minimum absolute atomic E-state index is 0.0130. The van der Waals surface area contributed by atoms with Crippen molar-refractivity contribution in [1.29, 1.82) is 0 Å². The summed E-state index contributed by atoms with van der Waals surface area (Å²) in [5.74, 6) is 0.566. The van der Waals surface area contributed by atoms with Crippen molar-refractivity contribution in [2.24, 2.45) is 5.10 Å². The molecular weight excluding hydrogens is 483 g/mol. The van der Waals surface area contributed by atoms with Crippen LogP contribution in [-0.2, 0) is 0 Å². The van der Waals surface area contributed by atoms with E-state index in [1.807, 2.05) is 65.7 Å². The summed E-state index contributed by atoms with van der Waals surface area (Å²) in [4.78, 5) is 11.2. The fraction of sp³-hybridized carbons (Fsp3) is 0.0741. The molecule has 1 aliphatic rings. The molecule has 7 heteroatoms. The van der Waals surface area contributed by atoms with Gasteiger partial charge in [-0.2, -0.15) is 5.10 Å². The van der Waals surface area contributed by atoms with E-state index in [1.54, 1.807) is 11.3 Å². The molecule has 0 fully saturated rings. The molecule has 0 spiro atoms. The zero-order valence-corrected chi connectivity index (χ0v) is 20.2. The largest absolute Gasteiger partial charge is 0.247 e. The number of nitrogens with zero attached hydrogens (tertiary/aromatic N) is 4. The van der Waals surface area contributed by atoms with Gasteiger partial charge in [-0.3, -0.25) is 0 Å². The number of fused-ring (bicyclic) bond motifs is 1. The van der Waals surface area contributed by atoms with E-state index in [4.69, 9.17) is 38.3 Å². The van der Waals surface area contributed by atoms with Gasteiger partial charge >= 0.3 is 0 Å². The van der Waals surface area contributed by atoms with Crippen LogP contribution in [-0.4, -0.2) is 15.7 Å². The van der Waals surface area contributed by atoms with Crippen molar-refractivity contribution < 1.29 is 0 Å². The topological polar surface area (TPSA) is 41.4 Å². The third-order valence-corrected chi connectivity index (χ3v) is 7.32. The van der Waals surface area contributed by atoms with Crippen molar-refractivity contribution in [3.63, 3.8) is 0 Å². The van der Waals surface area contributed by atoms with E-state index >= 15 is 0 Å². The SMILES string of the molecule is Clc1ccc(C2=NN(c3nc(-c4ccccc4)c4cc(Cl)ccc4n3)C(c3cccs3)C2)cc1. The van der Waals surface area contributed by atoms with E-state index in [0.717, 1.165) is 39.9 Å². The predicted molar refractivity (Wildman–Crippen MR) is 142 cm³/mol. The average Bonchev–Trinajstić information content (AvgIpc) is 3.55. The first-order chi connectivity index (χ1) is 16.7. The molecule has 5 aromatic rings. The highest BCUT2D eigenvalue weighted by Crippen LogP contribution is 2.39. The summed E-state index contributed by atoms with van der Waals surface area (Å²) in [6.45, 7) is 0. The maximum absolute atomic E-state index is 6.34. The van der Waals surface area contributed by atoms with Gasteiger partial charge in [-0.15, -0.1) is 11.3 Å². The molecule has 4 nitrogen and oxygen atoms in total. The third kappa shape index (κ3) is 3.96. The van der Waals surface area contributed by atoms with Crippen LogP contribution in [0.3, 0.4) is 0 Å². The van der Waals surface area contributed by atoms with Gasteiger partial charge in [0.05, 0.1) is 23.0 Å². The van der Waals surface area contributed by atoms with Crippen LogP contribution >= 0.6 is 34.5 Å². The molecule has 2 aromatic heterocycles. The Hall–Kier alpha value is -3.25.